The molecule has 26 heteroatoms. The van der Waals surface area contributed by atoms with Gasteiger partial charge >= 0.3 is 0 Å². The third-order valence-electron chi connectivity index (χ3n) is 10.5. The van der Waals surface area contributed by atoms with Gasteiger partial charge in [0.15, 0.2) is 18.9 Å². The van der Waals surface area contributed by atoms with Gasteiger partial charge in [-0.2, -0.15) is 0 Å². The van der Waals surface area contributed by atoms with Gasteiger partial charge in [0.2, 0.25) is 17.7 Å². The zero-order valence-corrected chi connectivity index (χ0v) is 32.9. The first kappa shape index (κ1) is 52.0. The smallest absolute Gasteiger partial charge is 0.238 e. The van der Waals surface area contributed by atoms with E-state index in [1.807, 2.05) is 0 Å². The lowest BCUT2D eigenvalue weighted by Crippen LogP contribution is -2.63. The van der Waals surface area contributed by atoms with E-state index in [1.165, 1.54) is 4.90 Å². The summed E-state index contributed by atoms with van der Waals surface area (Å²) in [6.45, 7) is -4.88. The van der Waals surface area contributed by atoms with Gasteiger partial charge in [0.1, 0.15) is 78.8 Å². The maximum absolute atomic E-state index is 13.5. The predicted octanol–water partition coefficient (Wildman–Crippen LogP) is -10.3. The topological polar surface area (TPSA) is 429 Å². The van der Waals surface area contributed by atoms with E-state index in [2.05, 4.69) is 10.6 Å². The highest BCUT2D eigenvalue weighted by molar-refractivity contribution is 5.88. The van der Waals surface area contributed by atoms with Gasteiger partial charge in [0.25, 0.3) is 0 Å². The van der Waals surface area contributed by atoms with Crippen LogP contribution in [0.15, 0.2) is 0 Å². The van der Waals surface area contributed by atoms with Crippen LogP contribution in [0.3, 0.4) is 0 Å². The maximum Gasteiger partial charge on any atom is 0.238 e. The Morgan fingerprint density at radius 2 is 0.917 bits per heavy atom. The molecule has 60 heavy (non-hydrogen) atoms. The highest BCUT2D eigenvalue weighted by Crippen LogP contribution is 2.29. The molecule has 0 spiro atoms. The largest absolute Gasteiger partial charge is 0.394 e. The van der Waals surface area contributed by atoms with Crippen LogP contribution >= 0.6 is 0 Å². The summed E-state index contributed by atoms with van der Waals surface area (Å²) >= 11 is 0. The molecule has 0 aliphatic carbocycles. The minimum Gasteiger partial charge on any atom is -0.394 e. The van der Waals surface area contributed by atoms with Crippen molar-refractivity contribution in [2.75, 3.05) is 72.4 Å². The summed E-state index contributed by atoms with van der Waals surface area (Å²) in [6, 6.07) is 0. The normalized spacial score (nSPS) is 35.8. The van der Waals surface area contributed by atoms with Gasteiger partial charge in [-0.05, 0) is 32.2 Å². The minimum absolute atomic E-state index is 0.0847. The number of primary amides is 1. The van der Waals surface area contributed by atoms with Gasteiger partial charge in [0, 0.05) is 13.1 Å². The molecule has 3 amide bonds. The second kappa shape index (κ2) is 25.0. The fraction of sp³-hybridized carbons (Fsp3) is 0.912. The zero-order valence-electron chi connectivity index (χ0n) is 32.9. The Morgan fingerprint density at radius 3 is 1.25 bits per heavy atom. The number of nitrogens with one attached hydrogen (secondary N) is 2. The summed E-state index contributed by atoms with van der Waals surface area (Å²) in [6.07, 6.45) is -23.5. The minimum atomic E-state index is -1.85. The second-order valence-corrected chi connectivity index (χ2v) is 14.7. The summed E-state index contributed by atoms with van der Waals surface area (Å²) in [4.78, 5) is 41.6. The molecular formula is C34H63N5O21. The van der Waals surface area contributed by atoms with E-state index in [9.17, 15) is 75.7 Å². The van der Waals surface area contributed by atoms with Crippen LogP contribution in [-0.4, -0.2) is 254 Å². The number of hydrogen-bond donors (Lipinski definition) is 16. The number of aliphatic hydroxyl groups is 12. The third kappa shape index (κ3) is 13.6. The molecule has 3 heterocycles. The fourth-order valence-corrected chi connectivity index (χ4v) is 6.91. The van der Waals surface area contributed by atoms with Crippen LogP contribution in [0, 0.1) is 0 Å². The number of hydrogen-bond acceptors (Lipinski definition) is 23. The van der Waals surface area contributed by atoms with Crippen molar-refractivity contribution < 1.29 is 104 Å². The van der Waals surface area contributed by atoms with Gasteiger partial charge in [-0.1, -0.05) is 0 Å². The number of carbonyl (C=O) groups excluding carboxylic acids is 3. The summed E-state index contributed by atoms with van der Waals surface area (Å²) in [7, 11) is 0. The van der Waals surface area contributed by atoms with E-state index < -0.39 is 155 Å². The van der Waals surface area contributed by atoms with Crippen molar-refractivity contribution in [3.8, 4) is 0 Å². The number of rotatable bonds is 25. The molecular weight excluding hydrogens is 814 g/mol. The number of carbonyl (C=O) groups is 3. The van der Waals surface area contributed by atoms with Crippen molar-refractivity contribution in [2.24, 2.45) is 11.5 Å². The molecule has 3 fully saturated rings. The Kier molecular flexibility index (Phi) is 21.7. The molecule has 350 valence electrons. The first-order valence-corrected chi connectivity index (χ1v) is 19.5. The molecule has 3 aliphatic heterocycles. The molecule has 0 radical (unpaired) electrons. The average Bonchev–Trinajstić information content (AvgIpc) is 3.22. The van der Waals surface area contributed by atoms with Gasteiger partial charge in [-0.25, -0.2) is 0 Å². The van der Waals surface area contributed by atoms with E-state index in [-0.39, 0.29) is 52.1 Å². The zero-order chi connectivity index (χ0) is 44.7. The van der Waals surface area contributed by atoms with Crippen LogP contribution in [0.5, 0.6) is 0 Å². The molecule has 0 unspecified atom stereocenters. The average molecular weight is 878 g/mol. The molecule has 0 saturated carbocycles. The highest BCUT2D eigenvalue weighted by atomic mass is 16.7. The van der Waals surface area contributed by atoms with Crippen LogP contribution in [-0.2, 0) is 42.8 Å². The van der Waals surface area contributed by atoms with Crippen LogP contribution in [0.2, 0.25) is 0 Å². The first-order chi connectivity index (χ1) is 28.5. The quantitative estimate of drug-likeness (QED) is 0.0379. The van der Waals surface area contributed by atoms with Gasteiger partial charge in [-0.3, -0.25) is 19.3 Å². The molecule has 3 aliphatic rings. The molecule has 26 nitrogen and oxygen atoms in total. The number of ether oxygens (including phenoxy) is 6. The number of aliphatic hydroxyl groups excluding tert-OH is 12. The number of amides is 3. The van der Waals surface area contributed by atoms with E-state index in [0.29, 0.717) is 6.42 Å². The summed E-state index contributed by atoms with van der Waals surface area (Å²) in [5.41, 5.74) is 9.88. The van der Waals surface area contributed by atoms with Crippen LogP contribution < -0.4 is 22.1 Å². The molecule has 0 aromatic rings. The van der Waals surface area contributed by atoms with Crippen LogP contribution in [0.25, 0.3) is 0 Å². The molecule has 18 N–H and O–H groups in total. The summed E-state index contributed by atoms with van der Waals surface area (Å²) in [5.74, 6) is -2.55. The molecule has 0 aromatic carbocycles. The number of nitrogens with two attached hydrogens (primary N) is 2. The van der Waals surface area contributed by atoms with Gasteiger partial charge < -0.3 is 112 Å². The van der Waals surface area contributed by atoms with Crippen molar-refractivity contribution in [1.29, 1.82) is 0 Å². The first-order valence-electron chi connectivity index (χ1n) is 19.5. The van der Waals surface area contributed by atoms with Crippen LogP contribution in [0.1, 0.15) is 25.7 Å². The number of nitrogens with zero attached hydrogens (tertiary/aromatic N) is 1. The van der Waals surface area contributed by atoms with Crippen molar-refractivity contribution in [2.45, 2.75) is 123 Å². The molecule has 0 aromatic heterocycles. The van der Waals surface area contributed by atoms with Gasteiger partial charge in [0.05, 0.1) is 52.7 Å². The maximum atomic E-state index is 13.5. The standard InChI is InChI=1S/C34H63N5O21/c35-5-2-1-3-34(33(36)54,4-8-55-30-27(51)24(48)21(45)16(13-40)58-30)39(11-19(43)37-6-9-56-31-28(52)25(49)22(46)17(14-41)59-31)12-20(44)38-7-10-57-32-29(53)26(50)23(47)18(15-42)60-32/h16-18,21-32,40-42,45-53H,1-15,35H2,(H2,36,54)(H,37,43)(H,38,44)/t16-,17-,18-,21-,22-,23-,24+,25+,26+,27+,28+,29+,30+,31+,32+,34-/m1/s1. The van der Waals surface area contributed by atoms with Crippen LogP contribution in [0.4, 0.5) is 0 Å². The summed E-state index contributed by atoms with van der Waals surface area (Å²) in [5, 5.41) is 125. The van der Waals surface area contributed by atoms with Crippen molar-refractivity contribution in [3.63, 3.8) is 0 Å². The van der Waals surface area contributed by atoms with Crippen molar-refractivity contribution in [3.05, 3.63) is 0 Å². The van der Waals surface area contributed by atoms with E-state index >= 15 is 0 Å². The Morgan fingerprint density at radius 1 is 0.550 bits per heavy atom. The van der Waals surface area contributed by atoms with E-state index in [0.717, 1.165) is 0 Å². The summed E-state index contributed by atoms with van der Waals surface area (Å²) < 4.78 is 32.4. The van der Waals surface area contributed by atoms with Crippen molar-refractivity contribution in [1.82, 2.24) is 15.5 Å². The third-order valence-corrected chi connectivity index (χ3v) is 10.5. The predicted molar refractivity (Wildman–Crippen MR) is 196 cm³/mol. The Hall–Kier alpha value is -2.39. The SMILES string of the molecule is NCCCC[C@@](CCO[C@H]1O[C@H](CO)[C@@H](O)[C@H](O)[C@@H]1O)(C(N)=O)N(CC(=O)NCCO[C@H]1O[C@H](CO)[C@@H](O)[C@H](O)[C@@H]1O)CC(=O)NCCO[C@H]1O[C@H](CO)[C@@H](O)[C@H](O)[C@@H]1O. The van der Waals surface area contributed by atoms with Crippen molar-refractivity contribution >= 4 is 17.7 Å². The molecule has 0 bridgehead atoms. The van der Waals surface area contributed by atoms with E-state index in [1.54, 1.807) is 0 Å². The van der Waals surface area contributed by atoms with Gasteiger partial charge in [-0.15, -0.1) is 0 Å². The molecule has 3 saturated heterocycles. The lowest BCUT2D eigenvalue weighted by molar-refractivity contribution is -0.302. The molecule has 3 rings (SSSR count). The lowest BCUT2D eigenvalue weighted by atomic mass is 9.85. The lowest BCUT2D eigenvalue weighted by Gasteiger charge is -2.43. The monoisotopic (exact) mass is 877 g/mol. The Balaban J connectivity index is 1.76. The van der Waals surface area contributed by atoms with E-state index in [4.69, 9.17) is 39.9 Å². The second-order valence-electron chi connectivity index (χ2n) is 14.7. The Labute approximate surface area is 344 Å². The Bertz CT molecular complexity index is 1250. The number of unbranched alkanes of at least 4 members (excludes halogenated alkanes) is 1. The highest BCUT2D eigenvalue weighted by Gasteiger charge is 2.48. The fourth-order valence-electron chi connectivity index (χ4n) is 6.91. The molecule has 16 atom stereocenters.